The first kappa shape index (κ1) is 30.5. The zero-order valence-corrected chi connectivity index (χ0v) is 23.1. The van der Waals surface area contributed by atoms with Crippen LogP contribution in [-0.4, -0.2) is 51.6 Å². The number of nitrogens with one attached hydrogen (secondary N) is 1. The summed E-state index contributed by atoms with van der Waals surface area (Å²) in [7, 11) is -3.81. The molecule has 8 nitrogen and oxygen atoms in total. The second-order valence-electron chi connectivity index (χ2n) is 9.54. The van der Waals surface area contributed by atoms with Crippen molar-refractivity contribution in [1.82, 2.24) is 5.32 Å². The number of carbonyl (C=O) groups excluding carboxylic acids is 2. The van der Waals surface area contributed by atoms with E-state index in [1.165, 1.54) is 18.2 Å². The van der Waals surface area contributed by atoms with E-state index in [2.05, 4.69) is 5.32 Å². The van der Waals surface area contributed by atoms with Crippen molar-refractivity contribution in [1.29, 1.82) is 0 Å². The molecule has 2 atom stereocenters. The van der Waals surface area contributed by atoms with E-state index >= 15 is 0 Å². The summed E-state index contributed by atoms with van der Waals surface area (Å²) in [4.78, 5) is 25.1. The first-order valence-corrected chi connectivity index (χ1v) is 13.9. The molecule has 0 spiro atoms. The lowest BCUT2D eigenvalue weighted by molar-refractivity contribution is -0.149. The van der Waals surface area contributed by atoms with Crippen molar-refractivity contribution in [2.45, 2.75) is 52.2 Å². The normalized spacial score (nSPS) is 13.5. The fourth-order valence-corrected chi connectivity index (χ4v) is 4.12. The lowest BCUT2D eigenvalue weighted by Gasteiger charge is -2.26. The van der Waals surface area contributed by atoms with E-state index in [4.69, 9.17) is 25.3 Å². The number of alkyl carbamates (subject to hydrolysis) is 1. The van der Waals surface area contributed by atoms with Crippen molar-refractivity contribution in [2.75, 3.05) is 19.5 Å². The Morgan fingerprint density at radius 1 is 1.11 bits per heavy atom. The Hall–Kier alpha value is -2.69. The number of carbonyl (C=O) groups is 2. The van der Waals surface area contributed by atoms with E-state index in [1.54, 1.807) is 52.0 Å². The molecule has 1 unspecified atom stereocenters. The second kappa shape index (κ2) is 13.2. The minimum atomic E-state index is -3.81. The van der Waals surface area contributed by atoms with E-state index in [1.807, 2.05) is 0 Å². The molecular formula is C26H33ClFNO7S. The third-order valence-corrected chi connectivity index (χ3v) is 5.87. The molecule has 1 amide bonds. The molecule has 0 saturated heterocycles. The van der Waals surface area contributed by atoms with Crippen molar-refractivity contribution >= 4 is 33.8 Å². The van der Waals surface area contributed by atoms with Gasteiger partial charge in [0.2, 0.25) is 0 Å². The van der Waals surface area contributed by atoms with Crippen LogP contribution in [0.1, 0.15) is 39.7 Å². The van der Waals surface area contributed by atoms with Crippen LogP contribution in [0.3, 0.4) is 0 Å². The Labute approximate surface area is 222 Å². The lowest BCUT2D eigenvalue weighted by atomic mass is 9.94. The molecule has 2 aromatic carbocycles. The van der Waals surface area contributed by atoms with Crippen molar-refractivity contribution in [3.05, 3.63) is 58.9 Å². The SMILES string of the molecule is CCOC(=O)C(COS(C)(=O)=O)C[C@@H](Cc1ccc(-c2cc(Cl)ccc2F)cc1)NC(=O)OC(C)(C)C. The molecule has 1 N–H and O–H groups in total. The van der Waals surface area contributed by atoms with Crippen LogP contribution in [0, 0.1) is 11.7 Å². The van der Waals surface area contributed by atoms with Crippen LogP contribution in [0.15, 0.2) is 42.5 Å². The van der Waals surface area contributed by atoms with Gasteiger partial charge in [0.25, 0.3) is 10.1 Å². The van der Waals surface area contributed by atoms with E-state index in [0.717, 1.165) is 11.8 Å². The maximum absolute atomic E-state index is 14.3. The van der Waals surface area contributed by atoms with Crippen LogP contribution >= 0.6 is 11.6 Å². The molecule has 0 saturated carbocycles. The van der Waals surface area contributed by atoms with Gasteiger partial charge in [0.1, 0.15) is 11.4 Å². The summed E-state index contributed by atoms with van der Waals surface area (Å²) in [6, 6.07) is 10.6. The molecule has 204 valence electrons. The Morgan fingerprint density at radius 2 is 1.76 bits per heavy atom. The highest BCUT2D eigenvalue weighted by Crippen LogP contribution is 2.27. The summed E-state index contributed by atoms with van der Waals surface area (Å²) in [6.45, 7) is 6.45. The van der Waals surface area contributed by atoms with Gasteiger partial charge in [0.15, 0.2) is 0 Å². The molecule has 37 heavy (non-hydrogen) atoms. The summed E-state index contributed by atoms with van der Waals surface area (Å²) in [5.74, 6) is -2.02. The summed E-state index contributed by atoms with van der Waals surface area (Å²) >= 11 is 6.01. The average molecular weight is 558 g/mol. The van der Waals surface area contributed by atoms with Gasteiger partial charge in [0, 0.05) is 16.6 Å². The first-order chi connectivity index (χ1) is 17.2. The summed E-state index contributed by atoms with van der Waals surface area (Å²) in [5.41, 5.74) is 0.991. The number of hydrogen-bond acceptors (Lipinski definition) is 7. The number of halogens is 2. The number of hydrogen-bond donors (Lipinski definition) is 1. The Morgan fingerprint density at radius 3 is 2.32 bits per heavy atom. The largest absolute Gasteiger partial charge is 0.466 e. The third-order valence-electron chi connectivity index (χ3n) is 5.07. The van der Waals surface area contributed by atoms with Crippen molar-refractivity contribution in [2.24, 2.45) is 5.92 Å². The third kappa shape index (κ3) is 11.1. The maximum atomic E-state index is 14.3. The van der Waals surface area contributed by atoms with E-state index in [-0.39, 0.29) is 19.4 Å². The first-order valence-electron chi connectivity index (χ1n) is 11.7. The minimum Gasteiger partial charge on any atom is -0.466 e. The number of rotatable bonds is 11. The maximum Gasteiger partial charge on any atom is 0.407 e. The molecule has 0 aromatic heterocycles. The molecule has 0 aliphatic heterocycles. The van der Waals surface area contributed by atoms with E-state index < -0.39 is 52.2 Å². The predicted molar refractivity (Wildman–Crippen MR) is 139 cm³/mol. The summed E-state index contributed by atoms with van der Waals surface area (Å²) < 4.78 is 52.6. The molecule has 0 bridgehead atoms. The van der Waals surface area contributed by atoms with Crippen LogP contribution in [0.5, 0.6) is 0 Å². The Bertz CT molecular complexity index is 1180. The highest BCUT2D eigenvalue weighted by molar-refractivity contribution is 7.85. The zero-order chi connectivity index (χ0) is 27.8. The van der Waals surface area contributed by atoms with Gasteiger partial charge in [-0.2, -0.15) is 8.42 Å². The molecule has 0 aliphatic rings. The van der Waals surface area contributed by atoms with Crippen LogP contribution in [0.4, 0.5) is 9.18 Å². The highest BCUT2D eigenvalue weighted by Gasteiger charge is 2.28. The van der Waals surface area contributed by atoms with Gasteiger partial charge in [0.05, 0.1) is 25.4 Å². The highest BCUT2D eigenvalue weighted by atomic mass is 35.5. The monoisotopic (exact) mass is 557 g/mol. The summed E-state index contributed by atoms with van der Waals surface area (Å²) in [6.07, 6.45) is 0.488. The minimum absolute atomic E-state index is 0.0261. The van der Waals surface area contributed by atoms with Crippen LogP contribution in [0.25, 0.3) is 11.1 Å². The van der Waals surface area contributed by atoms with Gasteiger partial charge >= 0.3 is 12.1 Å². The molecule has 2 rings (SSSR count). The Balaban J connectivity index is 2.28. The predicted octanol–water partition coefficient (Wildman–Crippen LogP) is 5.13. The molecular weight excluding hydrogens is 525 g/mol. The molecule has 0 aliphatic carbocycles. The average Bonchev–Trinajstić information content (AvgIpc) is 2.77. The molecule has 0 fully saturated rings. The number of amides is 1. The fraction of sp³-hybridized carbons (Fsp3) is 0.462. The molecule has 0 radical (unpaired) electrons. The van der Waals surface area contributed by atoms with Gasteiger partial charge in [-0.25, -0.2) is 9.18 Å². The van der Waals surface area contributed by atoms with Gasteiger partial charge in [-0.05, 0) is 69.9 Å². The quantitative estimate of drug-likeness (QED) is 0.301. The van der Waals surface area contributed by atoms with E-state index in [0.29, 0.717) is 16.1 Å². The Kier molecular flexibility index (Phi) is 10.9. The number of ether oxygens (including phenoxy) is 2. The smallest absolute Gasteiger partial charge is 0.407 e. The van der Waals surface area contributed by atoms with Crippen molar-refractivity contribution in [3.63, 3.8) is 0 Å². The van der Waals surface area contributed by atoms with E-state index in [9.17, 15) is 22.4 Å². The topological polar surface area (TPSA) is 108 Å². The number of benzene rings is 2. The molecule has 11 heteroatoms. The molecule has 2 aromatic rings. The van der Waals surface area contributed by atoms with Crippen LogP contribution in [-0.2, 0) is 35.0 Å². The van der Waals surface area contributed by atoms with Crippen LogP contribution < -0.4 is 5.32 Å². The zero-order valence-electron chi connectivity index (χ0n) is 21.5. The van der Waals surface area contributed by atoms with Gasteiger partial charge in [-0.1, -0.05) is 35.9 Å². The van der Waals surface area contributed by atoms with Gasteiger partial charge in [-0.3, -0.25) is 8.98 Å². The lowest BCUT2D eigenvalue weighted by Crippen LogP contribution is -2.42. The van der Waals surface area contributed by atoms with Crippen LogP contribution in [0.2, 0.25) is 5.02 Å². The van der Waals surface area contributed by atoms with Gasteiger partial charge in [-0.15, -0.1) is 0 Å². The second-order valence-corrected chi connectivity index (χ2v) is 11.6. The number of esters is 1. The molecule has 0 heterocycles. The summed E-state index contributed by atoms with van der Waals surface area (Å²) in [5, 5.41) is 3.16. The standard InChI is InChI=1S/C26H33ClFNO7S/c1-6-34-24(30)19(16-35-37(5,32)33)14-21(29-25(31)36-26(2,3)4)13-17-7-9-18(10-8-17)22-15-20(27)11-12-23(22)28/h7-12,15,19,21H,6,13-14,16H2,1-5H3,(H,29,31)/t19?,21-/m1/s1. The fourth-order valence-electron chi connectivity index (χ4n) is 3.53. The van der Waals surface area contributed by atoms with Crippen molar-refractivity contribution < 1.29 is 36.1 Å². The van der Waals surface area contributed by atoms with Crippen molar-refractivity contribution in [3.8, 4) is 11.1 Å². The van der Waals surface area contributed by atoms with Gasteiger partial charge < -0.3 is 14.8 Å².